The van der Waals surface area contributed by atoms with Crippen molar-refractivity contribution in [1.82, 2.24) is 30.0 Å². The van der Waals surface area contributed by atoms with E-state index in [0.717, 1.165) is 71.4 Å². The van der Waals surface area contributed by atoms with Crippen LogP contribution in [0.1, 0.15) is 71.2 Å². The van der Waals surface area contributed by atoms with Gasteiger partial charge in [-0.1, -0.05) is 0 Å². The highest BCUT2D eigenvalue weighted by molar-refractivity contribution is 6.23. The summed E-state index contributed by atoms with van der Waals surface area (Å²) in [5, 5.41) is 6.67. The van der Waals surface area contributed by atoms with E-state index in [4.69, 9.17) is 14.2 Å². The number of hydrogen-bond acceptors (Lipinski definition) is 12. The van der Waals surface area contributed by atoms with Crippen LogP contribution in [0.5, 0.6) is 17.2 Å². The molecule has 1 atom stereocenters. The lowest BCUT2D eigenvalue weighted by molar-refractivity contribution is -0.136. The van der Waals surface area contributed by atoms with Gasteiger partial charge in [0.1, 0.15) is 29.1 Å². The van der Waals surface area contributed by atoms with E-state index < -0.39 is 29.7 Å². The number of anilines is 1. The summed E-state index contributed by atoms with van der Waals surface area (Å²) in [5.74, 6) is 0.429. The van der Waals surface area contributed by atoms with E-state index in [1.165, 1.54) is 12.1 Å². The molecule has 0 radical (unpaired) electrons. The number of unbranched alkanes of at least 4 members (excludes halogenated alkanes) is 2. The molecule has 4 aliphatic rings. The summed E-state index contributed by atoms with van der Waals surface area (Å²) in [5.41, 5.74) is 2.51. The molecular formula is C45H51N7O9. The van der Waals surface area contributed by atoms with E-state index >= 15 is 0 Å². The molecule has 5 amide bonds. The summed E-state index contributed by atoms with van der Waals surface area (Å²) in [6.07, 6.45) is 7.67. The summed E-state index contributed by atoms with van der Waals surface area (Å²) in [4.78, 5) is 85.9. The Balaban J connectivity index is 0.807. The molecule has 3 fully saturated rings. The summed E-state index contributed by atoms with van der Waals surface area (Å²) in [7, 11) is 10.9. The van der Waals surface area contributed by atoms with Crippen LogP contribution in [0.4, 0.5) is 5.82 Å². The Kier molecular flexibility index (Phi) is 10.8. The molecule has 61 heavy (non-hydrogen) atoms. The van der Waals surface area contributed by atoms with Gasteiger partial charge in [-0.15, -0.1) is 0 Å². The van der Waals surface area contributed by atoms with Crippen LogP contribution in [0.2, 0.25) is 0 Å². The zero-order valence-corrected chi connectivity index (χ0v) is 35.4. The fourth-order valence-electron chi connectivity index (χ4n) is 9.15. The van der Waals surface area contributed by atoms with Gasteiger partial charge in [-0.3, -0.25) is 39.0 Å². The first kappa shape index (κ1) is 41.4. The Bertz CT molecular complexity index is 2520. The molecule has 2 aliphatic heterocycles. The van der Waals surface area contributed by atoms with E-state index in [1.807, 2.05) is 43.4 Å². The van der Waals surface area contributed by atoms with Gasteiger partial charge < -0.3 is 33.9 Å². The van der Waals surface area contributed by atoms with Gasteiger partial charge in [0.25, 0.3) is 17.4 Å². The zero-order chi connectivity index (χ0) is 43.4. The molecule has 2 aliphatic carbocycles. The third-order valence-electron chi connectivity index (χ3n) is 12.7. The van der Waals surface area contributed by atoms with Crippen molar-refractivity contribution >= 4 is 46.1 Å². The topological polar surface area (TPSA) is 182 Å². The van der Waals surface area contributed by atoms with Gasteiger partial charge >= 0.3 is 0 Å². The number of piperidine rings is 1. The van der Waals surface area contributed by atoms with Crippen molar-refractivity contribution in [3.63, 3.8) is 0 Å². The van der Waals surface area contributed by atoms with Crippen molar-refractivity contribution in [2.24, 2.45) is 17.9 Å². The smallest absolute Gasteiger partial charge is 0.262 e. The maximum atomic E-state index is 13.3. The SMILES string of the molecule is COc1cc(-c2cn(C)c(=O)c3cnc(N(C)C)cc23)cc(OC)c1CN(C)CC12CC1(C(=O)NCCCCCOc1ccc3c(c1)C(=O)N(C1CCC(=O)NC1=O)C3=O)C2. The fraction of sp³-hybridized carbons (Fsp3) is 0.444. The number of rotatable bonds is 17. The number of carbonyl (C=O) groups excluding carboxylic acids is 5. The van der Waals surface area contributed by atoms with Crippen LogP contribution >= 0.6 is 0 Å². The maximum absolute atomic E-state index is 13.3. The number of carbonyl (C=O) groups is 5. The highest BCUT2D eigenvalue weighted by atomic mass is 16.5. The first-order chi connectivity index (χ1) is 29.2. The van der Waals surface area contributed by atoms with Crippen LogP contribution in [0.3, 0.4) is 0 Å². The summed E-state index contributed by atoms with van der Waals surface area (Å²) < 4.78 is 19.3. The van der Waals surface area contributed by atoms with Crippen LogP contribution in [-0.4, -0.2) is 110 Å². The number of imide groups is 2. The van der Waals surface area contributed by atoms with E-state index in [1.54, 1.807) is 38.1 Å². The summed E-state index contributed by atoms with van der Waals surface area (Å²) in [6.45, 7) is 2.27. The van der Waals surface area contributed by atoms with E-state index in [-0.39, 0.29) is 46.3 Å². The van der Waals surface area contributed by atoms with Gasteiger partial charge in [0.2, 0.25) is 17.7 Å². The van der Waals surface area contributed by atoms with Crippen LogP contribution in [0, 0.1) is 10.8 Å². The molecule has 4 heterocycles. The number of amides is 5. The predicted molar refractivity (Wildman–Crippen MR) is 226 cm³/mol. The maximum Gasteiger partial charge on any atom is 0.262 e. The standard InChI is InChI=1S/C45H51N7O9/c1-49(2)37-19-29-31(20-47-37)40(55)51(4)22-32(29)26-16-35(59-5)33(36(17-26)60-6)21-50(3)25-44-23-45(44,24-44)43(58)46-14-8-7-9-15-61-27-10-11-28-30(18-27)42(57)52(41(28)56)34-12-13-38(53)48-39(34)54/h10-11,16-20,22,34H,7-9,12-15,21,23-25H2,1-6H3,(H,46,58)(H,48,53,54). The van der Waals surface area contributed by atoms with E-state index in [0.29, 0.717) is 42.3 Å². The number of pyridine rings is 2. The number of hydrogen-bond donors (Lipinski definition) is 2. The molecule has 0 bridgehead atoms. The minimum Gasteiger partial charge on any atom is -0.496 e. The molecule has 16 heteroatoms. The zero-order valence-electron chi connectivity index (χ0n) is 35.4. The van der Waals surface area contributed by atoms with Crippen molar-refractivity contribution in [3.8, 4) is 28.4 Å². The van der Waals surface area contributed by atoms with Crippen molar-refractivity contribution in [1.29, 1.82) is 0 Å². The third kappa shape index (κ3) is 7.46. The van der Waals surface area contributed by atoms with Crippen LogP contribution in [0.15, 0.2) is 53.6 Å². The lowest BCUT2D eigenvalue weighted by Gasteiger charge is -2.27. The average molecular weight is 834 g/mol. The molecule has 8 rings (SSSR count). The quantitative estimate of drug-likeness (QED) is 0.117. The molecule has 2 aromatic carbocycles. The molecule has 2 saturated carbocycles. The Morgan fingerprint density at radius 3 is 2.33 bits per heavy atom. The highest BCUT2D eigenvalue weighted by Crippen LogP contribution is 2.86. The van der Waals surface area contributed by atoms with Crippen molar-refractivity contribution < 1.29 is 38.2 Å². The molecular weight excluding hydrogens is 783 g/mol. The monoisotopic (exact) mass is 833 g/mol. The van der Waals surface area contributed by atoms with E-state index in [2.05, 4.69) is 27.6 Å². The molecule has 320 valence electrons. The molecule has 1 saturated heterocycles. The number of nitrogens with zero attached hydrogens (tertiary/aromatic N) is 5. The van der Waals surface area contributed by atoms with Gasteiger partial charge in [0.15, 0.2) is 0 Å². The largest absolute Gasteiger partial charge is 0.496 e. The first-order valence-electron chi connectivity index (χ1n) is 20.6. The van der Waals surface area contributed by atoms with Crippen LogP contribution in [0.25, 0.3) is 21.9 Å². The van der Waals surface area contributed by atoms with Crippen molar-refractivity contribution in [2.75, 3.05) is 60.0 Å². The summed E-state index contributed by atoms with van der Waals surface area (Å²) in [6, 6.07) is 9.56. The lowest BCUT2D eigenvalue weighted by Crippen LogP contribution is -2.54. The second-order valence-electron chi connectivity index (χ2n) is 17.0. The normalized spacial score (nSPS) is 21.3. The Morgan fingerprint density at radius 2 is 1.64 bits per heavy atom. The van der Waals surface area contributed by atoms with Crippen LogP contribution in [-0.2, 0) is 28.0 Å². The van der Waals surface area contributed by atoms with Gasteiger partial charge in [-0.05, 0) is 92.9 Å². The second kappa shape index (κ2) is 16.0. The Morgan fingerprint density at radius 1 is 0.918 bits per heavy atom. The highest BCUT2D eigenvalue weighted by Gasteiger charge is 2.86. The third-order valence-corrected chi connectivity index (χ3v) is 12.7. The summed E-state index contributed by atoms with van der Waals surface area (Å²) >= 11 is 0. The molecule has 4 aromatic rings. The van der Waals surface area contributed by atoms with Gasteiger partial charge in [0.05, 0.1) is 48.3 Å². The fourth-order valence-corrected chi connectivity index (χ4v) is 9.15. The predicted octanol–water partition coefficient (Wildman–Crippen LogP) is 3.66. The van der Waals surface area contributed by atoms with Gasteiger partial charge in [-0.2, -0.15) is 0 Å². The number of fused-ring (bicyclic) bond motifs is 3. The van der Waals surface area contributed by atoms with Gasteiger partial charge in [-0.25, -0.2) is 4.98 Å². The molecule has 1 unspecified atom stereocenters. The van der Waals surface area contributed by atoms with Crippen molar-refractivity contribution in [2.45, 2.75) is 57.5 Å². The minimum absolute atomic E-state index is 0.0350. The molecule has 2 N–H and O–H groups in total. The number of methoxy groups -OCH3 is 2. The lowest BCUT2D eigenvalue weighted by atomic mass is 9.98. The Hall–Kier alpha value is -6.29. The molecule has 0 spiro atoms. The number of benzene rings is 2. The van der Waals surface area contributed by atoms with E-state index in [9.17, 15) is 28.8 Å². The molecule has 16 nitrogen and oxygen atoms in total. The van der Waals surface area contributed by atoms with Gasteiger partial charge in [0, 0.05) is 70.5 Å². The molecule has 2 aromatic heterocycles. The minimum atomic E-state index is -1.02. The number of nitrogens with one attached hydrogen (secondary N) is 2. The Labute approximate surface area is 353 Å². The first-order valence-corrected chi connectivity index (χ1v) is 20.6. The number of ether oxygens (including phenoxy) is 3. The second-order valence-corrected chi connectivity index (χ2v) is 17.0. The average Bonchev–Trinajstić information content (AvgIpc) is 4.05. The number of aromatic nitrogens is 2. The van der Waals surface area contributed by atoms with Crippen LogP contribution < -0.4 is 35.3 Å². The number of aryl methyl sites for hydroxylation is 1. The van der Waals surface area contributed by atoms with Crippen molar-refractivity contribution in [3.05, 3.63) is 75.8 Å².